The highest BCUT2D eigenvalue weighted by molar-refractivity contribution is 14.1. The summed E-state index contributed by atoms with van der Waals surface area (Å²) in [5, 5.41) is 0. The Hall–Kier alpha value is 0.460. The molecule has 0 unspecified atom stereocenters. The van der Waals surface area contributed by atoms with Crippen LogP contribution in [0.1, 0.15) is 12.1 Å². The number of alkyl halides is 2. The van der Waals surface area contributed by atoms with Crippen molar-refractivity contribution < 1.29 is 17.2 Å². The molecular weight excluding hydrogens is 430 g/mol. The lowest BCUT2D eigenvalue weighted by Gasteiger charge is -2.06. The van der Waals surface area contributed by atoms with Gasteiger partial charge in [-0.05, 0) is 38.5 Å². The standard InChI is InChI=1S/C6H2BrClF2INO2S/c7-3-2(15(8,13)14)1-12-5(4(3)11)6(9)10/h1,6H. The van der Waals surface area contributed by atoms with E-state index < -0.39 is 21.2 Å². The topological polar surface area (TPSA) is 47.0 Å². The van der Waals surface area contributed by atoms with Crippen molar-refractivity contribution in [3.8, 4) is 0 Å². The van der Waals surface area contributed by atoms with Gasteiger partial charge in [0.25, 0.3) is 15.5 Å². The maximum absolute atomic E-state index is 12.4. The average Bonchev–Trinajstić information content (AvgIpc) is 2.06. The van der Waals surface area contributed by atoms with Crippen molar-refractivity contribution in [2.75, 3.05) is 0 Å². The summed E-state index contributed by atoms with van der Waals surface area (Å²) in [6.45, 7) is 0. The van der Waals surface area contributed by atoms with Crippen molar-refractivity contribution in [3.05, 3.63) is 19.9 Å². The fraction of sp³-hybridized carbons (Fsp3) is 0.167. The van der Waals surface area contributed by atoms with E-state index in [-0.39, 0.29) is 12.9 Å². The first-order valence-corrected chi connectivity index (χ1v) is 7.50. The largest absolute Gasteiger partial charge is 0.281 e. The van der Waals surface area contributed by atoms with Crippen molar-refractivity contribution in [2.45, 2.75) is 11.3 Å². The first-order chi connectivity index (χ1) is 6.75. The Labute approximate surface area is 111 Å². The number of halogens is 5. The molecule has 0 aliphatic rings. The smallest absolute Gasteiger partial charge is 0.253 e. The first kappa shape index (κ1) is 13.5. The van der Waals surface area contributed by atoms with Crippen LogP contribution in [-0.2, 0) is 9.05 Å². The highest BCUT2D eigenvalue weighted by Crippen LogP contribution is 2.33. The summed E-state index contributed by atoms with van der Waals surface area (Å²) in [4.78, 5) is 3.03. The van der Waals surface area contributed by atoms with Crippen LogP contribution in [0.15, 0.2) is 15.6 Å². The van der Waals surface area contributed by atoms with Crippen LogP contribution in [0.25, 0.3) is 0 Å². The van der Waals surface area contributed by atoms with E-state index in [1.807, 2.05) is 0 Å². The van der Waals surface area contributed by atoms with Gasteiger partial charge in [-0.25, -0.2) is 17.2 Å². The Kier molecular flexibility index (Phi) is 4.29. The molecule has 0 radical (unpaired) electrons. The third kappa shape index (κ3) is 2.98. The van der Waals surface area contributed by atoms with Crippen molar-refractivity contribution in [1.82, 2.24) is 4.98 Å². The van der Waals surface area contributed by atoms with Gasteiger partial charge in [-0.15, -0.1) is 0 Å². The second-order valence-corrected chi connectivity index (χ2v) is 6.78. The van der Waals surface area contributed by atoms with Crippen LogP contribution in [0.4, 0.5) is 8.78 Å². The minimum Gasteiger partial charge on any atom is -0.253 e. The van der Waals surface area contributed by atoms with E-state index in [2.05, 4.69) is 20.9 Å². The molecule has 1 aromatic rings. The fourth-order valence-corrected chi connectivity index (χ4v) is 3.70. The summed E-state index contributed by atoms with van der Waals surface area (Å²) in [6, 6.07) is 0. The van der Waals surface area contributed by atoms with E-state index in [4.69, 9.17) is 10.7 Å². The molecule has 0 amide bonds. The van der Waals surface area contributed by atoms with E-state index in [1.165, 1.54) is 0 Å². The summed E-state index contributed by atoms with van der Waals surface area (Å²) in [5.74, 6) is 0. The van der Waals surface area contributed by atoms with Gasteiger partial charge < -0.3 is 0 Å². The molecule has 0 saturated heterocycles. The van der Waals surface area contributed by atoms with Gasteiger partial charge in [-0.1, -0.05) is 0 Å². The maximum atomic E-state index is 12.4. The molecule has 1 aromatic heterocycles. The molecule has 3 nitrogen and oxygen atoms in total. The van der Waals surface area contributed by atoms with Crippen molar-refractivity contribution in [2.24, 2.45) is 0 Å². The molecular formula is C6H2BrClF2INO2S. The zero-order valence-corrected chi connectivity index (χ0v) is 12.0. The van der Waals surface area contributed by atoms with Crippen LogP contribution < -0.4 is 0 Å². The molecule has 15 heavy (non-hydrogen) atoms. The van der Waals surface area contributed by atoms with Gasteiger partial charge >= 0.3 is 0 Å². The van der Waals surface area contributed by atoms with E-state index in [9.17, 15) is 17.2 Å². The van der Waals surface area contributed by atoms with Crippen LogP contribution in [-0.4, -0.2) is 13.4 Å². The monoisotopic (exact) mass is 431 g/mol. The molecule has 0 aromatic carbocycles. The summed E-state index contributed by atoms with van der Waals surface area (Å²) >= 11 is 4.46. The summed E-state index contributed by atoms with van der Waals surface area (Å²) < 4.78 is 46.7. The second kappa shape index (κ2) is 4.76. The summed E-state index contributed by atoms with van der Waals surface area (Å²) in [7, 11) is 1.09. The van der Waals surface area contributed by atoms with E-state index in [0.29, 0.717) is 0 Å². The molecule has 9 heteroatoms. The van der Waals surface area contributed by atoms with Crippen LogP contribution in [0, 0.1) is 3.57 Å². The van der Waals surface area contributed by atoms with Crippen LogP contribution in [0.3, 0.4) is 0 Å². The van der Waals surface area contributed by atoms with Gasteiger partial charge in [0.15, 0.2) is 0 Å². The van der Waals surface area contributed by atoms with Gasteiger partial charge in [0.1, 0.15) is 10.6 Å². The summed E-state index contributed by atoms with van der Waals surface area (Å²) in [6.07, 6.45) is -1.96. The Balaban J connectivity index is 3.48. The van der Waals surface area contributed by atoms with Crippen molar-refractivity contribution >= 4 is 58.3 Å². The lowest BCUT2D eigenvalue weighted by molar-refractivity contribution is 0.144. The number of hydrogen-bond donors (Lipinski definition) is 0. The van der Waals surface area contributed by atoms with Crippen LogP contribution in [0.2, 0.25) is 0 Å². The lowest BCUT2D eigenvalue weighted by Crippen LogP contribution is -2.01. The molecule has 0 fully saturated rings. The normalized spacial score (nSPS) is 12.1. The minimum atomic E-state index is -3.99. The second-order valence-electron chi connectivity index (χ2n) is 2.37. The molecule has 1 heterocycles. The molecule has 0 aliphatic carbocycles. The minimum absolute atomic E-state index is 0.00315. The van der Waals surface area contributed by atoms with Crippen LogP contribution in [0.5, 0.6) is 0 Å². The Morgan fingerprint density at radius 1 is 1.53 bits per heavy atom. The molecule has 0 saturated carbocycles. The predicted octanol–water partition coefficient (Wildman–Crippen LogP) is 3.31. The Morgan fingerprint density at radius 2 is 2.07 bits per heavy atom. The Morgan fingerprint density at radius 3 is 2.47 bits per heavy atom. The fourth-order valence-electron chi connectivity index (χ4n) is 0.784. The van der Waals surface area contributed by atoms with Crippen molar-refractivity contribution in [1.29, 1.82) is 0 Å². The SMILES string of the molecule is O=S(=O)(Cl)c1cnc(C(F)F)c(I)c1Br. The van der Waals surface area contributed by atoms with Gasteiger partial charge in [0, 0.05) is 16.9 Å². The number of rotatable bonds is 2. The molecule has 84 valence electrons. The molecule has 0 N–H and O–H groups in total. The van der Waals surface area contributed by atoms with E-state index in [1.54, 1.807) is 22.6 Å². The predicted molar refractivity (Wildman–Crippen MR) is 62.6 cm³/mol. The third-order valence-corrected chi connectivity index (χ3v) is 5.68. The van der Waals surface area contributed by atoms with Crippen molar-refractivity contribution in [3.63, 3.8) is 0 Å². The maximum Gasteiger partial charge on any atom is 0.281 e. The number of nitrogens with zero attached hydrogens (tertiary/aromatic N) is 1. The molecule has 0 atom stereocenters. The highest BCUT2D eigenvalue weighted by Gasteiger charge is 2.23. The van der Waals surface area contributed by atoms with Gasteiger partial charge in [-0.2, -0.15) is 0 Å². The van der Waals surface area contributed by atoms with Gasteiger partial charge in [-0.3, -0.25) is 4.98 Å². The number of aromatic nitrogens is 1. The van der Waals surface area contributed by atoms with E-state index in [0.717, 1.165) is 6.20 Å². The zero-order valence-electron chi connectivity index (χ0n) is 6.72. The number of pyridine rings is 1. The first-order valence-electron chi connectivity index (χ1n) is 3.32. The lowest BCUT2D eigenvalue weighted by atomic mass is 10.4. The molecule has 0 spiro atoms. The number of hydrogen-bond acceptors (Lipinski definition) is 3. The van der Waals surface area contributed by atoms with Crippen LogP contribution >= 0.6 is 49.2 Å². The average molecular weight is 432 g/mol. The summed E-state index contributed by atoms with van der Waals surface area (Å²) in [5.41, 5.74) is -0.480. The molecule has 0 bridgehead atoms. The van der Waals surface area contributed by atoms with Gasteiger partial charge in [0.05, 0.1) is 8.04 Å². The Bertz CT molecular complexity index is 496. The zero-order chi connectivity index (χ0) is 11.8. The highest BCUT2D eigenvalue weighted by atomic mass is 127. The quantitative estimate of drug-likeness (QED) is 0.532. The third-order valence-electron chi connectivity index (χ3n) is 1.42. The van der Waals surface area contributed by atoms with E-state index >= 15 is 0 Å². The molecule has 1 rings (SSSR count). The van der Waals surface area contributed by atoms with Gasteiger partial charge in [0.2, 0.25) is 0 Å². The molecule has 0 aliphatic heterocycles.